The summed E-state index contributed by atoms with van der Waals surface area (Å²) in [6.45, 7) is 2.21. The van der Waals surface area contributed by atoms with Crippen molar-refractivity contribution in [3.63, 3.8) is 0 Å². The van der Waals surface area contributed by atoms with Gasteiger partial charge in [-0.1, -0.05) is 12.1 Å². The van der Waals surface area contributed by atoms with Crippen molar-refractivity contribution in [3.05, 3.63) is 29.8 Å². The third kappa shape index (κ3) is 2.03. The highest BCUT2D eigenvalue weighted by Gasteiger charge is 2.42. The van der Waals surface area contributed by atoms with Crippen LogP contribution in [0.1, 0.15) is 23.7 Å². The average Bonchev–Trinajstić information content (AvgIpc) is 2.73. The maximum atomic E-state index is 12.2. The number of carboxylic acid groups (broad SMARTS) is 1. The molecule has 1 heterocycles. The van der Waals surface area contributed by atoms with E-state index >= 15 is 0 Å². The first kappa shape index (κ1) is 12.4. The van der Waals surface area contributed by atoms with Gasteiger partial charge in [-0.05, 0) is 25.5 Å². The van der Waals surface area contributed by atoms with Gasteiger partial charge in [-0.15, -0.1) is 0 Å². The molecule has 1 fully saturated rings. The van der Waals surface area contributed by atoms with Gasteiger partial charge in [0.2, 0.25) is 0 Å². The van der Waals surface area contributed by atoms with Crippen LogP contribution in [0.15, 0.2) is 24.3 Å². The molecule has 0 bridgehead atoms. The third-order valence-electron chi connectivity index (χ3n) is 3.41. The molecule has 1 amide bonds. The zero-order valence-corrected chi connectivity index (χ0v) is 10.1. The van der Waals surface area contributed by atoms with E-state index in [2.05, 4.69) is 0 Å². The minimum absolute atomic E-state index is 0.0774. The average molecular weight is 249 g/mol. The van der Waals surface area contributed by atoms with E-state index in [1.54, 1.807) is 19.1 Å². The number of rotatable bonds is 2. The summed E-state index contributed by atoms with van der Waals surface area (Å²) >= 11 is 0. The predicted molar refractivity (Wildman–Crippen MR) is 64.4 cm³/mol. The van der Waals surface area contributed by atoms with Crippen LogP contribution in [0, 0.1) is 5.41 Å². The molecule has 0 spiro atoms. The molecule has 18 heavy (non-hydrogen) atoms. The summed E-state index contributed by atoms with van der Waals surface area (Å²) in [6, 6.07) is 6.28. The minimum Gasteiger partial charge on any atom is -0.507 e. The molecule has 0 saturated carbocycles. The Kier molecular flexibility index (Phi) is 2.98. The molecule has 5 nitrogen and oxygen atoms in total. The Bertz CT molecular complexity index is 500. The van der Waals surface area contributed by atoms with Gasteiger partial charge in [-0.3, -0.25) is 9.59 Å². The molecule has 96 valence electrons. The van der Waals surface area contributed by atoms with Gasteiger partial charge in [-0.25, -0.2) is 0 Å². The number of phenols is 1. The Morgan fingerprint density at radius 3 is 2.56 bits per heavy atom. The van der Waals surface area contributed by atoms with Crippen molar-refractivity contribution in [1.29, 1.82) is 0 Å². The molecule has 0 aliphatic carbocycles. The monoisotopic (exact) mass is 249 g/mol. The molecule has 2 rings (SSSR count). The smallest absolute Gasteiger partial charge is 0.311 e. The second-order valence-corrected chi connectivity index (χ2v) is 4.86. The Balaban J connectivity index is 2.18. The number of carboxylic acids is 1. The number of hydrogen-bond acceptors (Lipinski definition) is 3. The number of carbonyl (C=O) groups is 2. The first-order valence-corrected chi connectivity index (χ1v) is 5.75. The lowest BCUT2D eigenvalue weighted by Crippen LogP contribution is -2.34. The van der Waals surface area contributed by atoms with Gasteiger partial charge in [0, 0.05) is 13.1 Å². The van der Waals surface area contributed by atoms with Gasteiger partial charge in [0.25, 0.3) is 5.91 Å². The summed E-state index contributed by atoms with van der Waals surface area (Å²) < 4.78 is 0. The number of nitrogens with zero attached hydrogens (tertiary/aromatic N) is 1. The standard InChI is InChI=1S/C13H15NO4/c1-13(12(17)18)6-7-14(8-13)11(16)9-4-2-3-5-10(9)15/h2-5,15H,6-8H2,1H3,(H,17,18). The number of para-hydroxylation sites is 1. The molecule has 0 aromatic heterocycles. The van der Waals surface area contributed by atoms with Crippen LogP contribution in [0.25, 0.3) is 0 Å². The SMILES string of the molecule is CC1(C(=O)O)CCN(C(=O)c2ccccc2O)C1. The number of aliphatic carboxylic acids is 1. The van der Waals surface area contributed by atoms with Crippen molar-refractivity contribution >= 4 is 11.9 Å². The van der Waals surface area contributed by atoms with Gasteiger partial charge < -0.3 is 15.1 Å². The van der Waals surface area contributed by atoms with Crippen molar-refractivity contribution < 1.29 is 19.8 Å². The Labute approximate surface area is 105 Å². The van der Waals surface area contributed by atoms with E-state index in [4.69, 9.17) is 5.11 Å². The molecule has 1 atom stereocenters. The van der Waals surface area contributed by atoms with E-state index in [0.29, 0.717) is 13.0 Å². The minimum atomic E-state index is -0.893. The van der Waals surface area contributed by atoms with Gasteiger partial charge in [0.05, 0.1) is 11.0 Å². The van der Waals surface area contributed by atoms with E-state index in [1.165, 1.54) is 17.0 Å². The van der Waals surface area contributed by atoms with Crippen LogP contribution in [0.4, 0.5) is 0 Å². The van der Waals surface area contributed by atoms with Gasteiger partial charge in [-0.2, -0.15) is 0 Å². The highest BCUT2D eigenvalue weighted by atomic mass is 16.4. The van der Waals surface area contributed by atoms with Crippen LogP contribution in [-0.2, 0) is 4.79 Å². The fourth-order valence-corrected chi connectivity index (χ4v) is 2.13. The number of benzene rings is 1. The normalized spacial score (nSPS) is 23.1. The summed E-state index contributed by atoms with van der Waals surface area (Å²) in [6.07, 6.45) is 0.432. The van der Waals surface area contributed by atoms with E-state index in [-0.39, 0.29) is 23.8 Å². The molecule has 1 aliphatic rings. The lowest BCUT2D eigenvalue weighted by Gasteiger charge is -2.20. The molecule has 0 radical (unpaired) electrons. The predicted octanol–water partition coefficient (Wildman–Crippen LogP) is 1.33. The Morgan fingerprint density at radius 2 is 2.00 bits per heavy atom. The van der Waals surface area contributed by atoms with Crippen LogP contribution in [-0.4, -0.2) is 40.1 Å². The summed E-state index contributed by atoms with van der Waals surface area (Å²) in [4.78, 5) is 24.7. The van der Waals surface area contributed by atoms with E-state index < -0.39 is 11.4 Å². The van der Waals surface area contributed by atoms with E-state index in [9.17, 15) is 14.7 Å². The van der Waals surface area contributed by atoms with Gasteiger partial charge in [0.15, 0.2) is 0 Å². The fourth-order valence-electron chi connectivity index (χ4n) is 2.13. The van der Waals surface area contributed by atoms with E-state index in [0.717, 1.165) is 0 Å². The van der Waals surface area contributed by atoms with Crippen molar-refractivity contribution in [2.45, 2.75) is 13.3 Å². The van der Waals surface area contributed by atoms with Crippen LogP contribution >= 0.6 is 0 Å². The number of aromatic hydroxyl groups is 1. The summed E-state index contributed by atoms with van der Waals surface area (Å²) in [7, 11) is 0. The number of hydrogen-bond donors (Lipinski definition) is 2. The number of carbonyl (C=O) groups excluding carboxylic acids is 1. The van der Waals surface area contributed by atoms with Crippen LogP contribution in [0.2, 0.25) is 0 Å². The van der Waals surface area contributed by atoms with E-state index in [1.807, 2.05) is 0 Å². The lowest BCUT2D eigenvalue weighted by molar-refractivity contribution is -0.147. The topological polar surface area (TPSA) is 77.8 Å². The first-order valence-electron chi connectivity index (χ1n) is 5.75. The zero-order valence-electron chi connectivity index (χ0n) is 10.1. The number of likely N-dealkylation sites (tertiary alicyclic amines) is 1. The van der Waals surface area contributed by atoms with Gasteiger partial charge in [0.1, 0.15) is 5.75 Å². The maximum absolute atomic E-state index is 12.2. The maximum Gasteiger partial charge on any atom is 0.311 e. The van der Waals surface area contributed by atoms with Crippen LogP contribution < -0.4 is 0 Å². The summed E-state index contributed by atoms with van der Waals surface area (Å²) in [5.41, 5.74) is -0.674. The quantitative estimate of drug-likeness (QED) is 0.828. The van der Waals surface area contributed by atoms with Crippen molar-refractivity contribution in [2.75, 3.05) is 13.1 Å². The molecule has 1 aromatic carbocycles. The van der Waals surface area contributed by atoms with Crippen molar-refractivity contribution in [1.82, 2.24) is 4.90 Å². The fraction of sp³-hybridized carbons (Fsp3) is 0.385. The Morgan fingerprint density at radius 1 is 1.33 bits per heavy atom. The summed E-state index contributed by atoms with van der Waals surface area (Å²) in [5, 5.41) is 18.7. The van der Waals surface area contributed by atoms with Crippen LogP contribution in [0.3, 0.4) is 0 Å². The number of amides is 1. The molecule has 1 saturated heterocycles. The molecule has 1 aromatic rings. The zero-order chi connectivity index (χ0) is 13.3. The van der Waals surface area contributed by atoms with Crippen molar-refractivity contribution in [2.24, 2.45) is 5.41 Å². The molecule has 5 heteroatoms. The molecule has 2 N–H and O–H groups in total. The highest BCUT2D eigenvalue weighted by Crippen LogP contribution is 2.31. The molecular formula is C13H15NO4. The molecule has 1 unspecified atom stereocenters. The molecular weight excluding hydrogens is 234 g/mol. The lowest BCUT2D eigenvalue weighted by atomic mass is 9.90. The van der Waals surface area contributed by atoms with Gasteiger partial charge >= 0.3 is 5.97 Å². The second kappa shape index (κ2) is 4.33. The highest BCUT2D eigenvalue weighted by molar-refractivity contribution is 5.97. The molecule has 1 aliphatic heterocycles. The largest absolute Gasteiger partial charge is 0.507 e. The number of phenolic OH excluding ortho intramolecular Hbond substituents is 1. The second-order valence-electron chi connectivity index (χ2n) is 4.86. The Hall–Kier alpha value is -2.04. The third-order valence-corrected chi connectivity index (χ3v) is 3.41. The van der Waals surface area contributed by atoms with Crippen molar-refractivity contribution in [3.8, 4) is 5.75 Å². The first-order chi connectivity index (χ1) is 8.44. The van der Waals surface area contributed by atoms with Crippen LogP contribution in [0.5, 0.6) is 5.75 Å². The summed E-state index contributed by atoms with van der Waals surface area (Å²) in [5.74, 6) is -1.29.